The summed E-state index contributed by atoms with van der Waals surface area (Å²) in [7, 11) is 3.49. The van der Waals surface area contributed by atoms with Crippen molar-refractivity contribution in [1.82, 2.24) is 4.90 Å². The molecule has 0 aromatic heterocycles. The summed E-state index contributed by atoms with van der Waals surface area (Å²) in [4.78, 5) is 13.4. The van der Waals surface area contributed by atoms with E-state index in [4.69, 9.17) is 9.47 Å². The van der Waals surface area contributed by atoms with Gasteiger partial charge in [-0.05, 0) is 18.6 Å². The van der Waals surface area contributed by atoms with Crippen LogP contribution in [0.15, 0.2) is 17.0 Å². The minimum atomic E-state index is -3.93. The number of carbonyl (C=O) groups is 1. The molecule has 0 N–H and O–H groups in total. The zero-order valence-electron chi connectivity index (χ0n) is 14.0. The lowest BCUT2D eigenvalue weighted by atomic mass is 10.0. The van der Waals surface area contributed by atoms with Gasteiger partial charge in [0.1, 0.15) is 0 Å². The number of rotatable bonds is 3. The molecule has 0 bridgehead atoms. The van der Waals surface area contributed by atoms with Crippen LogP contribution in [0, 0.1) is 0 Å². The Balaban J connectivity index is 2.84. The molecular weight excluding hydrogens is 320 g/mol. The number of benzene rings is 1. The van der Waals surface area contributed by atoms with Gasteiger partial charge in [0.05, 0.1) is 19.9 Å². The van der Waals surface area contributed by atoms with Crippen LogP contribution in [0.25, 0.3) is 5.57 Å². The summed E-state index contributed by atoms with van der Waals surface area (Å²) >= 11 is 0. The summed E-state index contributed by atoms with van der Waals surface area (Å²) in [6.45, 7) is 1.62. The van der Waals surface area contributed by atoms with Crippen molar-refractivity contribution in [3.63, 3.8) is 0 Å². The fourth-order valence-corrected chi connectivity index (χ4v) is 4.07. The second kappa shape index (κ2) is 5.77. The van der Waals surface area contributed by atoms with E-state index >= 15 is 0 Å². The molecule has 1 heterocycles. The molecule has 1 aromatic rings. The first-order chi connectivity index (χ1) is 10.7. The van der Waals surface area contributed by atoms with Gasteiger partial charge in [0.15, 0.2) is 16.4 Å². The van der Waals surface area contributed by atoms with Gasteiger partial charge in [0.25, 0.3) is 15.9 Å². The molecule has 0 atom stereocenters. The van der Waals surface area contributed by atoms with Crippen molar-refractivity contribution in [2.45, 2.75) is 6.92 Å². The van der Waals surface area contributed by atoms with Crippen molar-refractivity contribution < 1.29 is 22.7 Å². The number of allylic oxidation sites excluding steroid dienone is 1. The molecular formula is C15H20N2O5S. The predicted octanol–water partition coefficient (Wildman–Crippen LogP) is 1.30. The number of nitrogens with zero attached hydrogens (tertiary/aromatic N) is 2. The van der Waals surface area contributed by atoms with E-state index in [1.54, 1.807) is 19.1 Å². The number of methoxy groups -OCH3 is 2. The Bertz CT molecular complexity index is 796. The minimum Gasteiger partial charge on any atom is -0.493 e. The number of likely N-dealkylation sites (N-methyl/N-ethyl adjacent to an activating group) is 1. The fraction of sp³-hybridized carbons (Fsp3) is 0.400. The first-order valence-corrected chi connectivity index (χ1v) is 8.28. The van der Waals surface area contributed by atoms with Crippen molar-refractivity contribution in [2.24, 2.45) is 0 Å². The third-order valence-corrected chi connectivity index (χ3v) is 5.72. The van der Waals surface area contributed by atoms with Gasteiger partial charge < -0.3 is 14.4 Å². The lowest BCUT2D eigenvalue weighted by molar-refractivity contribution is -0.123. The van der Waals surface area contributed by atoms with Crippen LogP contribution in [0.2, 0.25) is 0 Å². The third-order valence-electron chi connectivity index (χ3n) is 3.80. The van der Waals surface area contributed by atoms with E-state index in [-0.39, 0.29) is 4.91 Å². The van der Waals surface area contributed by atoms with E-state index in [9.17, 15) is 13.2 Å². The van der Waals surface area contributed by atoms with Crippen molar-refractivity contribution >= 4 is 27.2 Å². The molecule has 0 aliphatic carbocycles. The van der Waals surface area contributed by atoms with E-state index in [0.29, 0.717) is 28.3 Å². The Morgan fingerprint density at radius 2 is 1.65 bits per heavy atom. The largest absolute Gasteiger partial charge is 0.493 e. The van der Waals surface area contributed by atoms with Crippen LogP contribution in [0.1, 0.15) is 12.5 Å². The first kappa shape index (κ1) is 17.1. The van der Waals surface area contributed by atoms with Gasteiger partial charge >= 0.3 is 0 Å². The molecule has 0 spiro atoms. The summed E-state index contributed by atoms with van der Waals surface area (Å²) in [6, 6.07) is 3.27. The van der Waals surface area contributed by atoms with Gasteiger partial charge in [-0.1, -0.05) is 0 Å². The summed E-state index contributed by atoms with van der Waals surface area (Å²) in [6.07, 6.45) is 0. The van der Waals surface area contributed by atoms with Crippen LogP contribution >= 0.6 is 0 Å². The van der Waals surface area contributed by atoms with Crippen LogP contribution in [0.5, 0.6) is 11.5 Å². The second-order valence-electron chi connectivity index (χ2n) is 5.35. The highest BCUT2D eigenvalue weighted by atomic mass is 32.2. The molecule has 1 aromatic carbocycles. The molecule has 7 nitrogen and oxygen atoms in total. The Labute approximate surface area is 136 Å². The number of hydrogen-bond acceptors (Lipinski definition) is 5. The van der Waals surface area contributed by atoms with E-state index in [1.807, 2.05) is 0 Å². The minimum absolute atomic E-state index is 0.232. The Morgan fingerprint density at radius 3 is 2.13 bits per heavy atom. The summed E-state index contributed by atoms with van der Waals surface area (Å²) in [5, 5.41) is 0. The highest BCUT2D eigenvalue weighted by molar-refractivity contribution is 7.97. The normalized spacial score (nSPS) is 16.0. The zero-order chi connectivity index (χ0) is 17.5. The van der Waals surface area contributed by atoms with Crippen LogP contribution < -0.4 is 13.8 Å². The molecule has 0 saturated heterocycles. The molecule has 0 radical (unpaired) electrons. The summed E-state index contributed by atoms with van der Waals surface area (Å²) < 4.78 is 37.1. The predicted molar refractivity (Wildman–Crippen MR) is 88.2 cm³/mol. The number of hydrogen-bond donors (Lipinski definition) is 0. The molecule has 0 fully saturated rings. The average molecular weight is 340 g/mol. The zero-order valence-corrected chi connectivity index (χ0v) is 14.8. The van der Waals surface area contributed by atoms with Gasteiger partial charge in [0, 0.05) is 32.8 Å². The van der Waals surface area contributed by atoms with E-state index in [0.717, 1.165) is 4.31 Å². The Kier molecular flexibility index (Phi) is 4.30. The summed E-state index contributed by atoms with van der Waals surface area (Å²) in [5.74, 6) is 0.327. The SMILES string of the molecule is COc1cc2c(cc1OC)N(C)S(=O)(=O)C(C(=O)N(C)C)=C2C. The quantitative estimate of drug-likeness (QED) is 0.829. The van der Waals surface area contributed by atoms with E-state index in [1.165, 1.54) is 40.3 Å². The van der Waals surface area contributed by atoms with Crippen LogP contribution in [0.3, 0.4) is 0 Å². The van der Waals surface area contributed by atoms with E-state index in [2.05, 4.69) is 0 Å². The van der Waals surface area contributed by atoms with E-state index < -0.39 is 15.9 Å². The van der Waals surface area contributed by atoms with Gasteiger partial charge in [-0.15, -0.1) is 0 Å². The maximum atomic E-state index is 12.7. The molecule has 8 heteroatoms. The highest BCUT2D eigenvalue weighted by Crippen LogP contribution is 2.44. The maximum absolute atomic E-state index is 12.7. The fourth-order valence-electron chi connectivity index (χ4n) is 2.49. The highest BCUT2D eigenvalue weighted by Gasteiger charge is 2.39. The van der Waals surface area contributed by atoms with Crippen molar-refractivity contribution in [3.05, 3.63) is 22.6 Å². The van der Waals surface area contributed by atoms with Gasteiger partial charge in [-0.3, -0.25) is 9.10 Å². The van der Waals surface area contributed by atoms with Crippen LogP contribution in [-0.4, -0.2) is 54.6 Å². The maximum Gasteiger partial charge on any atom is 0.269 e. The smallest absolute Gasteiger partial charge is 0.269 e. The lowest BCUT2D eigenvalue weighted by Crippen LogP contribution is -2.38. The van der Waals surface area contributed by atoms with Crippen molar-refractivity contribution in [2.75, 3.05) is 39.7 Å². The second-order valence-corrected chi connectivity index (χ2v) is 7.26. The van der Waals surface area contributed by atoms with Gasteiger partial charge in [-0.25, -0.2) is 8.42 Å². The molecule has 126 valence electrons. The molecule has 0 saturated carbocycles. The molecule has 1 aliphatic rings. The average Bonchev–Trinajstić information content (AvgIpc) is 2.51. The van der Waals surface area contributed by atoms with Crippen molar-refractivity contribution in [3.8, 4) is 11.5 Å². The molecule has 0 unspecified atom stereocenters. The van der Waals surface area contributed by atoms with Crippen molar-refractivity contribution in [1.29, 1.82) is 0 Å². The van der Waals surface area contributed by atoms with Gasteiger partial charge in [-0.2, -0.15) is 0 Å². The molecule has 2 rings (SSSR count). The van der Waals surface area contributed by atoms with Gasteiger partial charge in [0.2, 0.25) is 0 Å². The lowest BCUT2D eigenvalue weighted by Gasteiger charge is -2.31. The third kappa shape index (κ3) is 2.52. The van der Waals surface area contributed by atoms with Crippen LogP contribution in [-0.2, 0) is 14.8 Å². The van der Waals surface area contributed by atoms with Crippen LogP contribution in [0.4, 0.5) is 5.69 Å². The number of carbonyl (C=O) groups excluding carboxylic acids is 1. The monoisotopic (exact) mass is 340 g/mol. The number of ether oxygens (including phenoxy) is 2. The Hall–Kier alpha value is -2.22. The number of amides is 1. The molecule has 1 amide bonds. The molecule has 23 heavy (non-hydrogen) atoms. The summed E-state index contributed by atoms with van der Waals surface area (Å²) in [5.41, 5.74) is 1.44. The molecule has 1 aliphatic heterocycles. The Morgan fingerprint density at radius 1 is 1.13 bits per heavy atom. The first-order valence-electron chi connectivity index (χ1n) is 6.84. The number of anilines is 1. The topological polar surface area (TPSA) is 76.1 Å². The number of fused-ring (bicyclic) bond motifs is 1. The number of sulfonamides is 1. The standard InChI is InChI=1S/C15H20N2O5S/c1-9-10-7-12(21-5)13(22-6)8-11(10)17(4)23(19,20)14(9)15(18)16(2)3/h7-8H,1-6H3.